The molecule has 7 heteroatoms. The number of rotatable bonds is 4. The van der Waals surface area contributed by atoms with Gasteiger partial charge in [-0.1, -0.05) is 41.9 Å². The Hall–Kier alpha value is -1.01. The van der Waals surface area contributed by atoms with Gasteiger partial charge < -0.3 is 5.43 Å². The minimum atomic E-state index is 0.623. The second-order valence-corrected chi connectivity index (χ2v) is 5.55. The van der Waals surface area contributed by atoms with Crippen LogP contribution in [0.1, 0.15) is 12.5 Å². The van der Waals surface area contributed by atoms with Gasteiger partial charge >= 0.3 is 0 Å². The number of aromatic nitrogens is 2. The molecule has 1 heterocycles. The van der Waals surface area contributed by atoms with Gasteiger partial charge in [-0.05, 0) is 24.6 Å². The van der Waals surface area contributed by atoms with E-state index in [-0.39, 0.29) is 0 Å². The molecule has 100 valence electrons. The Balaban J connectivity index is 2.40. The van der Waals surface area contributed by atoms with Crippen molar-refractivity contribution in [2.24, 2.45) is 5.84 Å². The summed E-state index contributed by atoms with van der Waals surface area (Å²) in [5.74, 6) is 6.07. The van der Waals surface area contributed by atoms with Crippen LogP contribution in [-0.4, -0.2) is 9.97 Å². The highest BCUT2D eigenvalue weighted by Crippen LogP contribution is 2.36. The number of hydrogen-bond donors (Lipinski definition) is 2. The molecule has 0 unspecified atom stereocenters. The van der Waals surface area contributed by atoms with Crippen molar-refractivity contribution in [3.63, 3.8) is 0 Å². The summed E-state index contributed by atoms with van der Waals surface area (Å²) in [6.45, 7) is 2.02. The molecule has 4 nitrogen and oxygen atoms in total. The van der Waals surface area contributed by atoms with E-state index in [2.05, 4.69) is 15.4 Å². The van der Waals surface area contributed by atoms with Crippen LogP contribution in [0.4, 0.5) is 5.82 Å². The Kier molecular flexibility index (Phi) is 4.87. The number of halogens is 2. The molecular formula is C12H12Cl2N4S. The number of nitrogen functional groups attached to an aromatic ring is 1. The Morgan fingerprint density at radius 2 is 2.11 bits per heavy atom. The first kappa shape index (κ1) is 14.4. The number of hydrogen-bond acceptors (Lipinski definition) is 5. The molecule has 19 heavy (non-hydrogen) atoms. The van der Waals surface area contributed by atoms with Crippen molar-refractivity contribution in [1.82, 2.24) is 9.97 Å². The molecule has 0 fully saturated rings. The number of nitrogens with zero attached hydrogens (tertiary/aromatic N) is 2. The maximum Gasteiger partial charge on any atom is 0.147 e. The molecule has 1 aromatic heterocycles. The van der Waals surface area contributed by atoms with Crippen molar-refractivity contribution in [3.8, 4) is 0 Å². The summed E-state index contributed by atoms with van der Waals surface area (Å²) in [6, 6.07) is 5.33. The smallest absolute Gasteiger partial charge is 0.147 e. The van der Waals surface area contributed by atoms with E-state index in [9.17, 15) is 0 Å². The highest BCUT2D eigenvalue weighted by molar-refractivity contribution is 7.99. The first-order valence-electron chi connectivity index (χ1n) is 5.59. The first-order chi connectivity index (χ1) is 9.15. The number of nitrogens with two attached hydrogens (primary N) is 1. The van der Waals surface area contributed by atoms with E-state index < -0.39 is 0 Å². The molecule has 0 radical (unpaired) electrons. The summed E-state index contributed by atoms with van der Waals surface area (Å²) in [5, 5.41) is 2.09. The SMILES string of the molecule is CCc1c(NN)ncnc1Sc1cc(Cl)ccc1Cl. The van der Waals surface area contributed by atoms with E-state index in [0.29, 0.717) is 15.9 Å². The highest BCUT2D eigenvalue weighted by Gasteiger charge is 2.12. The van der Waals surface area contributed by atoms with Gasteiger partial charge in [0.2, 0.25) is 0 Å². The average molecular weight is 315 g/mol. The number of benzene rings is 1. The zero-order valence-electron chi connectivity index (χ0n) is 10.2. The van der Waals surface area contributed by atoms with Gasteiger partial charge in [-0.15, -0.1) is 0 Å². The van der Waals surface area contributed by atoms with E-state index in [0.717, 1.165) is 21.9 Å². The lowest BCUT2D eigenvalue weighted by Gasteiger charge is -2.11. The van der Waals surface area contributed by atoms with Crippen LogP contribution in [0, 0.1) is 0 Å². The van der Waals surface area contributed by atoms with Crippen molar-refractivity contribution < 1.29 is 0 Å². The van der Waals surface area contributed by atoms with E-state index in [1.165, 1.54) is 18.1 Å². The van der Waals surface area contributed by atoms with Gasteiger partial charge in [-0.2, -0.15) is 0 Å². The van der Waals surface area contributed by atoms with Crippen molar-refractivity contribution in [1.29, 1.82) is 0 Å². The summed E-state index contributed by atoms with van der Waals surface area (Å²) in [4.78, 5) is 9.22. The lowest BCUT2D eigenvalue weighted by Crippen LogP contribution is -2.12. The molecular weight excluding hydrogens is 303 g/mol. The molecule has 0 saturated heterocycles. The maximum absolute atomic E-state index is 6.15. The van der Waals surface area contributed by atoms with Gasteiger partial charge in [0.15, 0.2) is 0 Å². The second-order valence-electron chi connectivity index (χ2n) is 3.68. The van der Waals surface area contributed by atoms with E-state index in [1.54, 1.807) is 12.1 Å². The van der Waals surface area contributed by atoms with Crippen LogP contribution in [0.15, 0.2) is 34.4 Å². The summed E-state index contributed by atoms with van der Waals surface area (Å²) >= 11 is 13.6. The summed E-state index contributed by atoms with van der Waals surface area (Å²) in [6.07, 6.45) is 2.23. The predicted molar refractivity (Wildman–Crippen MR) is 79.8 cm³/mol. The summed E-state index contributed by atoms with van der Waals surface area (Å²) in [7, 11) is 0. The highest BCUT2D eigenvalue weighted by atomic mass is 35.5. The number of hydrazine groups is 1. The minimum absolute atomic E-state index is 0.623. The third-order valence-corrected chi connectivity index (χ3v) is 4.28. The quantitative estimate of drug-likeness (QED) is 0.511. The lowest BCUT2D eigenvalue weighted by molar-refractivity contribution is 0.941. The largest absolute Gasteiger partial charge is 0.308 e. The molecule has 0 atom stereocenters. The van der Waals surface area contributed by atoms with Crippen molar-refractivity contribution in [2.75, 3.05) is 5.43 Å². The van der Waals surface area contributed by atoms with Gasteiger partial charge in [0.1, 0.15) is 17.2 Å². The van der Waals surface area contributed by atoms with Gasteiger partial charge in [-0.3, -0.25) is 0 Å². The summed E-state index contributed by atoms with van der Waals surface area (Å²) in [5.41, 5.74) is 3.53. The second kappa shape index (κ2) is 6.43. The molecule has 0 spiro atoms. The standard InChI is InChI=1S/C12H12Cl2N4S/c1-2-8-11(18-15)16-6-17-12(8)19-10-5-7(13)3-4-9(10)14/h3-6H,2,15H2,1H3,(H,16,17,18). The van der Waals surface area contributed by atoms with Crippen molar-refractivity contribution in [3.05, 3.63) is 40.1 Å². The lowest BCUT2D eigenvalue weighted by atomic mass is 10.2. The molecule has 2 aromatic rings. The molecule has 1 aromatic carbocycles. The predicted octanol–water partition coefficient (Wildman–Crippen LogP) is 3.78. The van der Waals surface area contributed by atoms with Gasteiger partial charge in [-0.25, -0.2) is 15.8 Å². The molecule has 0 bridgehead atoms. The maximum atomic E-state index is 6.15. The Labute approximate surface area is 125 Å². The molecule has 0 saturated carbocycles. The van der Waals surface area contributed by atoms with Crippen molar-refractivity contribution in [2.45, 2.75) is 23.3 Å². The molecule has 0 aliphatic heterocycles. The van der Waals surface area contributed by atoms with Crippen LogP contribution < -0.4 is 11.3 Å². The van der Waals surface area contributed by atoms with Crippen LogP contribution in [-0.2, 0) is 6.42 Å². The van der Waals surface area contributed by atoms with Crippen LogP contribution in [0.25, 0.3) is 0 Å². The zero-order chi connectivity index (χ0) is 13.8. The molecule has 0 amide bonds. The van der Waals surface area contributed by atoms with Crippen LogP contribution in [0.5, 0.6) is 0 Å². The van der Waals surface area contributed by atoms with E-state index in [1.807, 2.05) is 13.0 Å². The number of anilines is 1. The van der Waals surface area contributed by atoms with Gasteiger partial charge in [0.05, 0.1) is 5.02 Å². The summed E-state index contributed by atoms with van der Waals surface area (Å²) < 4.78 is 0. The third kappa shape index (κ3) is 3.30. The normalized spacial score (nSPS) is 10.5. The third-order valence-electron chi connectivity index (χ3n) is 2.50. The minimum Gasteiger partial charge on any atom is -0.308 e. The van der Waals surface area contributed by atoms with Crippen LogP contribution >= 0.6 is 35.0 Å². The Bertz CT molecular complexity index is 592. The Morgan fingerprint density at radius 3 is 2.79 bits per heavy atom. The fourth-order valence-electron chi connectivity index (χ4n) is 1.59. The first-order valence-corrected chi connectivity index (χ1v) is 7.16. The van der Waals surface area contributed by atoms with Crippen molar-refractivity contribution >= 4 is 40.8 Å². The van der Waals surface area contributed by atoms with E-state index >= 15 is 0 Å². The fourth-order valence-corrected chi connectivity index (χ4v) is 3.08. The topological polar surface area (TPSA) is 63.8 Å². The van der Waals surface area contributed by atoms with E-state index in [4.69, 9.17) is 29.0 Å². The van der Waals surface area contributed by atoms with Gasteiger partial charge in [0, 0.05) is 15.5 Å². The zero-order valence-corrected chi connectivity index (χ0v) is 12.5. The van der Waals surface area contributed by atoms with Crippen LogP contribution in [0.2, 0.25) is 10.0 Å². The molecule has 2 rings (SSSR count). The number of nitrogens with one attached hydrogen (secondary N) is 1. The van der Waals surface area contributed by atoms with Crippen LogP contribution in [0.3, 0.4) is 0 Å². The molecule has 3 N–H and O–H groups in total. The molecule has 0 aliphatic rings. The Morgan fingerprint density at radius 1 is 1.32 bits per heavy atom. The fraction of sp³-hybridized carbons (Fsp3) is 0.167. The average Bonchev–Trinajstić information content (AvgIpc) is 2.42. The van der Waals surface area contributed by atoms with Gasteiger partial charge in [0.25, 0.3) is 0 Å². The molecule has 0 aliphatic carbocycles. The monoisotopic (exact) mass is 314 g/mol.